The lowest BCUT2D eigenvalue weighted by atomic mass is 10.4. The van der Waals surface area contributed by atoms with E-state index in [1.165, 1.54) is 4.31 Å². The highest BCUT2D eigenvalue weighted by molar-refractivity contribution is 8.00. The van der Waals surface area contributed by atoms with Gasteiger partial charge in [0.25, 0.3) is 0 Å². The fourth-order valence-corrected chi connectivity index (χ4v) is 5.18. The number of H-pyrrole nitrogens is 1. The molecule has 0 aliphatic carbocycles. The molecule has 1 saturated heterocycles. The quantitative estimate of drug-likeness (QED) is 0.835. The third-order valence-corrected chi connectivity index (χ3v) is 6.16. The second-order valence-electron chi connectivity index (χ2n) is 4.37. The van der Waals surface area contributed by atoms with Crippen LogP contribution in [-0.2, 0) is 16.6 Å². The Kier molecular flexibility index (Phi) is 4.00. The summed E-state index contributed by atoms with van der Waals surface area (Å²) in [6, 6.07) is 0. The minimum atomic E-state index is -3.48. The van der Waals surface area contributed by atoms with Crippen molar-refractivity contribution in [3.8, 4) is 0 Å². The van der Waals surface area contributed by atoms with Gasteiger partial charge in [0.15, 0.2) is 0 Å². The van der Waals surface area contributed by atoms with E-state index in [-0.39, 0.29) is 11.4 Å². The first kappa shape index (κ1) is 13.9. The maximum absolute atomic E-state index is 12.6. The molecule has 0 spiro atoms. The molecule has 1 unspecified atom stereocenters. The van der Waals surface area contributed by atoms with E-state index in [1.807, 2.05) is 6.92 Å². The number of aromatic nitrogens is 2. The van der Waals surface area contributed by atoms with Crippen LogP contribution in [0.1, 0.15) is 18.3 Å². The summed E-state index contributed by atoms with van der Waals surface area (Å²) in [6.45, 7) is 4.96. The minimum Gasteiger partial charge on any atom is -0.325 e. The van der Waals surface area contributed by atoms with Gasteiger partial charge in [-0.1, -0.05) is 6.92 Å². The molecule has 1 fully saturated rings. The van der Waals surface area contributed by atoms with Crippen molar-refractivity contribution in [2.45, 2.75) is 30.5 Å². The van der Waals surface area contributed by atoms with Crippen molar-refractivity contribution >= 4 is 21.8 Å². The molecule has 6 nitrogen and oxygen atoms in total. The lowest BCUT2D eigenvalue weighted by Gasteiger charge is -2.29. The summed E-state index contributed by atoms with van der Waals surface area (Å²) in [7, 11) is -3.48. The van der Waals surface area contributed by atoms with Crippen molar-refractivity contribution in [2.24, 2.45) is 5.73 Å². The van der Waals surface area contributed by atoms with Gasteiger partial charge in [0.1, 0.15) is 4.90 Å². The molecule has 8 heteroatoms. The molecule has 2 heterocycles. The molecular formula is C10H18N4O2S2. The maximum Gasteiger partial charge on any atom is 0.246 e. The van der Waals surface area contributed by atoms with Crippen LogP contribution in [0, 0.1) is 6.92 Å². The molecule has 0 bridgehead atoms. The summed E-state index contributed by atoms with van der Waals surface area (Å²) in [5, 5.41) is 6.98. The molecule has 1 aromatic heterocycles. The van der Waals surface area contributed by atoms with Crippen LogP contribution in [-0.4, -0.2) is 47.0 Å². The van der Waals surface area contributed by atoms with E-state index in [2.05, 4.69) is 10.2 Å². The summed E-state index contributed by atoms with van der Waals surface area (Å²) in [5.74, 6) is 0.829. The Morgan fingerprint density at radius 2 is 2.33 bits per heavy atom. The second kappa shape index (κ2) is 5.20. The van der Waals surface area contributed by atoms with Crippen LogP contribution < -0.4 is 5.73 Å². The zero-order valence-electron chi connectivity index (χ0n) is 10.5. The third-order valence-electron chi connectivity index (χ3n) is 2.96. The Balaban J connectivity index is 2.38. The topological polar surface area (TPSA) is 92.1 Å². The van der Waals surface area contributed by atoms with E-state index >= 15 is 0 Å². The van der Waals surface area contributed by atoms with Gasteiger partial charge in [0.2, 0.25) is 10.0 Å². The SMILES string of the molecule is Cc1[nH]nc(CN)c1S(=O)(=O)N1CCSC(C)C1. The Morgan fingerprint density at radius 1 is 1.61 bits per heavy atom. The summed E-state index contributed by atoms with van der Waals surface area (Å²) >= 11 is 1.80. The fourth-order valence-electron chi connectivity index (χ4n) is 2.08. The largest absolute Gasteiger partial charge is 0.325 e. The fraction of sp³-hybridized carbons (Fsp3) is 0.700. The van der Waals surface area contributed by atoms with Gasteiger partial charge >= 0.3 is 0 Å². The van der Waals surface area contributed by atoms with E-state index in [9.17, 15) is 8.42 Å². The number of hydrogen-bond donors (Lipinski definition) is 2. The monoisotopic (exact) mass is 290 g/mol. The molecule has 0 amide bonds. The van der Waals surface area contributed by atoms with Crippen molar-refractivity contribution in [3.63, 3.8) is 0 Å². The second-order valence-corrected chi connectivity index (χ2v) is 7.79. The molecule has 18 heavy (non-hydrogen) atoms. The Labute approximate surface area is 111 Å². The van der Waals surface area contributed by atoms with E-state index in [1.54, 1.807) is 18.7 Å². The molecule has 1 atom stereocenters. The van der Waals surface area contributed by atoms with Crippen LogP contribution in [0.2, 0.25) is 0 Å². The number of hydrogen-bond acceptors (Lipinski definition) is 5. The van der Waals surface area contributed by atoms with E-state index in [0.29, 0.717) is 29.7 Å². The Bertz CT molecular complexity index is 526. The van der Waals surface area contributed by atoms with Crippen LogP contribution in [0.4, 0.5) is 0 Å². The number of aryl methyl sites for hydroxylation is 1. The molecule has 102 valence electrons. The first-order valence-corrected chi connectivity index (χ1v) is 8.31. The predicted octanol–water partition coefficient (Wildman–Crippen LogP) is 0.303. The highest BCUT2D eigenvalue weighted by atomic mass is 32.2. The minimum absolute atomic E-state index is 0.122. The van der Waals surface area contributed by atoms with Crippen molar-refractivity contribution in [1.29, 1.82) is 0 Å². The van der Waals surface area contributed by atoms with Gasteiger partial charge in [0, 0.05) is 30.6 Å². The zero-order valence-corrected chi connectivity index (χ0v) is 12.1. The average molecular weight is 290 g/mol. The van der Waals surface area contributed by atoms with Crippen molar-refractivity contribution in [2.75, 3.05) is 18.8 Å². The molecular weight excluding hydrogens is 272 g/mol. The number of rotatable bonds is 3. The first-order chi connectivity index (χ1) is 8.46. The lowest BCUT2D eigenvalue weighted by molar-refractivity contribution is 0.423. The molecule has 1 aliphatic heterocycles. The predicted molar refractivity (Wildman–Crippen MR) is 71.9 cm³/mol. The van der Waals surface area contributed by atoms with Crippen LogP contribution in [0.5, 0.6) is 0 Å². The number of aromatic amines is 1. The van der Waals surface area contributed by atoms with Gasteiger partial charge in [-0.15, -0.1) is 0 Å². The molecule has 0 aromatic carbocycles. The van der Waals surface area contributed by atoms with E-state index in [4.69, 9.17) is 5.73 Å². The third kappa shape index (κ3) is 2.42. The van der Waals surface area contributed by atoms with E-state index in [0.717, 1.165) is 5.75 Å². The van der Waals surface area contributed by atoms with Gasteiger partial charge in [0.05, 0.1) is 11.4 Å². The summed E-state index contributed by atoms with van der Waals surface area (Å²) < 4.78 is 26.7. The highest BCUT2D eigenvalue weighted by Crippen LogP contribution is 2.26. The van der Waals surface area contributed by atoms with Crippen LogP contribution >= 0.6 is 11.8 Å². The summed E-state index contributed by atoms with van der Waals surface area (Å²) in [6.07, 6.45) is 0. The molecule has 1 aliphatic rings. The maximum atomic E-state index is 12.6. The van der Waals surface area contributed by atoms with Gasteiger partial charge in [-0.2, -0.15) is 21.2 Å². The van der Waals surface area contributed by atoms with Gasteiger partial charge < -0.3 is 5.73 Å². The van der Waals surface area contributed by atoms with Gasteiger partial charge in [-0.3, -0.25) is 5.10 Å². The Morgan fingerprint density at radius 3 is 2.94 bits per heavy atom. The van der Waals surface area contributed by atoms with Crippen molar-refractivity contribution in [1.82, 2.24) is 14.5 Å². The van der Waals surface area contributed by atoms with Crippen LogP contribution in [0.15, 0.2) is 4.90 Å². The van der Waals surface area contributed by atoms with Crippen molar-refractivity contribution in [3.05, 3.63) is 11.4 Å². The molecule has 0 radical (unpaired) electrons. The van der Waals surface area contributed by atoms with Gasteiger partial charge in [-0.05, 0) is 6.92 Å². The van der Waals surface area contributed by atoms with Crippen LogP contribution in [0.3, 0.4) is 0 Å². The first-order valence-electron chi connectivity index (χ1n) is 5.82. The van der Waals surface area contributed by atoms with Crippen molar-refractivity contribution < 1.29 is 8.42 Å². The highest BCUT2D eigenvalue weighted by Gasteiger charge is 2.33. The number of thioether (sulfide) groups is 1. The van der Waals surface area contributed by atoms with Gasteiger partial charge in [-0.25, -0.2) is 8.42 Å². The van der Waals surface area contributed by atoms with Crippen LogP contribution in [0.25, 0.3) is 0 Å². The number of sulfonamides is 1. The average Bonchev–Trinajstić information content (AvgIpc) is 2.71. The van der Waals surface area contributed by atoms with E-state index < -0.39 is 10.0 Å². The number of nitrogens with zero attached hydrogens (tertiary/aromatic N) is 2. The standard InChI is InChI=1S/C10H18N4O2S2/c1-7-6-14(3-4-17-7)18(15,16)10-8(2)12-13-9(10)5-11/h7H,3-6,11H2,1-2H3,(H,12,13). The Hall–Kier alpha value is -0.570. The zero-order chi connectivity index (χ0) is 13.3. The normalized spacial score (nSPS) is 22.3. The number of nitrogens with one attached hydrogen (secondary N) is 1. The smallest absolute Gasteiger partial charge is 0.246 e. The summed E-state index contributed by atoms with van der Waals surface area (Å²) in [5.41, 5.74) is 6.52. The summed E-state index contributed by atoms with van der Waals surface area (Å²) in [4.78, 5) is 0.254. The number of nitrogens with two attached hydrogens (primary N) is 1. The molecule has 1 aromatic rings. The lowest BCUT2D eigenvalue weighted by Crippen LogP contribution is -2.41. The molecule has 2 rings (SSSR count). The molecule has 3 N–H and O–H groups in total. The molecule has 0 saturated carbocycles.